The van der Waals surface area contributed by atoms with Gasteiger partial charge >= 0.3 is 5.97 Å². The Kier molecular flexibility index (Phi) is 3.99. The highest BCUT2D eigenvalue weighted by Crippen LogP contribution is 1.94. The number of aliphatic hydroxyl groups excluding tert-OH is 1. The van der Waals surface area contributed by atoms with E-state index in [4.69, 9.17) is 10.2 Å². The van der Waals surface area contributed by atoms with E-state index in [0.29, 0.717) is 0 Å². The number of esters is 1. The summed E-state index contributed by atoms with van der Waals surface area (Å²) in [6.45, 7) is 3.39. The molecule has 0 bridgehead atoms. The molecule has 0 amide bonds. The van der Waals surface area contributed by atoms with E-state index < -0.39 is 12.3 Å². The van der Waals surface area contributed by atoms with Gasteiger partial charge in [0, 0.05) is 0 Å². The van der Waals surface area contributed by atoms with Crippen molar-refractivity contribution in [1.82, 2.24) is 0 Å². The van der Waals surface area contributed by atoms with Crippen molar-refractivity contribution >= 4 is 5.97 Å². The molecular formula is C6H12O4. The van der Waals surface area contributed by atoms with Crippen LogP contribution in [0.15, 0.2) is 0 Å². The molecule has 4 heteroatoms. The SMILES string of the molecule is CC(C)OC(=O)CC(O)O. The number of hydrogen-bond acceptors (Lipinski definition) is 4. The number of carbonyl (C=O) groups excluding carboxylic acids is 1. The molecule has 0 aromatic carbocycles. The van der Waals surface area contributed by atoms with E-state index in [-0.39, 0.29) is 12.5 Å². The summed E-state index contributed by atoms with van der Waals surface area (Å²) < 4.78 is 4.60. The zero-order valence-corrected chi connectivity index (χ0v) is 6.07. The lowest BCUT2D eigenvalue weighted by Crippen LogP contribution is -2.17. The predicted octanol–water partition coefficient (Wildman–Crippen LogP) is -0.361. The van der Waals surface area contributed by atoms with Gasteiger partial charge in [-0.1, -0.05) is 0 Å². The molecule has 0 atom stereocenters. The molecule has 4 nitrogen and oxygen atoms in total. The molecule has 0 saturated heterocycles. The van der Waals surface area contributed by atoms with Crippen molar-refractivity contribution in [2.75, 3.05) is 0 Å². The minimum atomic E-state index is -1.61. The molecule has 2 N–H and O–H groups in total. The quantitative estimate of drug-likeness (QED) is 0.423. The molecule has 0 aliphatic heterocycles. The molecule has 0 heterocycles. The first kappa shape index (κ1) is 9.39. The molecule has 60 valence electrons. The third-order valence-electron chi connectivity index (χ3n) is 0.716. The van der Waals surface area contributed by atoms with Gasteiger partial charge in [0.1, 0.15) is 0 Å². The van der Waals surface area contributed by atoms with Gasteiger partial charge in [-0.15, -0.1) is 0 Å². The fraction of sp³-hybridized carbons (Fsp3) is 0.833. The first-order valence-corrected chi connectivity index (χ1v) is 3.08. The molecule has 0 aliphatic carbocycles. The molecule has 0 spiro atoms. The van der Waals surface area contributed by atoms with E-state index in [1.165, 1.54) is 0 Å². The Bertz CT molecular complexity index is 96.3. The van der Waals surface area contributed by atoms with Crippen molar-refractivity contribution in [2.24, 2.45) is 0 Å². The van der Waals surface area contributed by atoms with Crippen molar-refractivity contribution in [3.05, 3.63) is 0 Å². The normalized spacial score (nSPS) is 10.6. The van der Waals surface area contributed by atoms with Crippen molar-refractivity contribution in [3.63, 3.8) is 0 Å². The summed E-state index contributed by atoms with van der Waals surface area (Å²) in [6.07, 6.45) is -2.17. The summed E-state index contributed by atoms with van der Waals surface area (Å²) in [7, 11) is 0. The number of rotatable bonds is 3. The Balaban J connectivity index is 3.44. The van der Waals surface area contributed by atoms with Crippen LogP contribution in [0.1, 0.15) is 20.3 Å². The van der Waals surface area contributed by atoms with Crippen LogP contribution in [0.3, 0.4) is 0 Å². The van der Waals surface area contributed by atoms with Crippen LogP contribution in [0.2, 0.25) is 0 Å². The third kappa shape index (κ3) is 5.53. The number of aliphatic hydroxyl groups is 2. The van der Waals surface area contributed by atoms with E-state index >= 15 is 0 Å². The van der Waals surface area contributed by atoms with E-state index in [1.807, 2.05) is 0 Å². The van der Waals surface area contributed by atoms with Crippen LogP contribution < -0.4 is 0 Å². The number of ether oxygens (including phenoxy) is 1. The summed E-state index contributed by atoms with van der Waals surface area (Å²) >= 11 is 0. The highest BCUT2D eigenvalue weighted by atomic mass is 16.5. The van der Waals surface area contributed by atoms with Crippen molar-refractivity contribution < 1.29 is 19.7 Å². The Morgan fingerprint density at radius 2 is 2.00 bits per heavy atom. The van der Waals surface area contributed by atoms with Crippen LogP contribution in [-0.2, 0) is 9.53 Å². The highest BCUT2D eigenvalue weighted by Gasteiger charge is 2.09. The Morgan fingerprint density at radius 1 is 1.50 bits per heavy atom. The van der Waals surface area contributed by atoms with Gasteiger partial charge in [0.2, 0.25) is 0 Å². The van der Waals surface area contributed by atoms with Gasteiger partial charge < -0.3 is 14.9 Å². The summed E-state index contributed by atoms with van der Waals surface area (Å²) in [5.74, 6) is -0.593. The summed E-state index contributed by atoms with van der Waals surface area (Å²) in [5.41, 5.74) is 0. The molecule has 0 aliphatic rings. The van der Waals surface area contributed by atoms with Gasteiger partial charge in [-0.3, -0.25) is 4.79 Å². The average molecular weight is 148 g/mol. The van der Waals surface area contributed by atoms with Crippen molar-refractivity contribution in [1.29, 1.82) is 0 Å². The van der Waals surface area contributed by atoms with Crippen LogP contribution >= 0.6 is 0 Å². The van der Waals surface area contributed by atoms with Gasteiger partial charge in [-0.2, -0.15) is 0 Å². The first-order chi connectivity index (χ1) is 4.52. The number of hydrogen-bond donors (Lipinski definition) is 2. The smallest absolute Gasteiger partial charge is 0.311 e. The van der Waals surface area contributed by atoms with E-state index in [9.17, 15) is 4.79 Å². The number of carbonyl (C=O) groups is 1. The Hall–Kier alpha value is -0.610. The Morgan fingerprint density at radius 3 is 2.30 bits per heavy atom. The van der Waals surface area contributed by atoms with Crippen molar-refractivity contribution in [2.45, 2.75) is 32.7 Å². The lowest BCUT2D eigenvalue weighted by Gasteiger charge is -2.07. The zero-order valence-electron chi connectivity index (χ0n) is 6.07. The van der Waals surface area contributed by atoms with Crippen LogP contribution in [0.25, 0.3) is 0 Å². The van der Waals surface area contributed by atoms with Gasteiger partial charge in [0.25, 0.3) is 0 Å². The standard InChI is InChI=1S/C6H12O4/c1-4(2)10-6(9)3-5(7)8/h4-5,7-8H,3H2,1-2H3. The molecule has 0 aromatic heterocycles. The average Bonchev–Trinajstić information content (AvgIpc) is 1.58. The fourth-order valence-corrected chi connectivity index (χ4v) is 0.460. The van der Waals surface area contributed by atoms with Gasteiger partial charge in [-0.05, 0) is 13.8 Å². The lowest BCUT2D eigenvalue weighted by molar-refractivity contribution is -0.155. The van der Waals surface area contributed by atoms with Crippen LogP contribution in [0.5, 0.6) is 0 Å². The fourth-order valence-electron chi connectivity index (χ4n) is 0.460. The second kappa shape index (κ2) is 4.24. The Labute approximate surface area is 59.4 Å². The monoisotopic (exact) mass is 148 g/mol. The van der Waals surface area contributed by atoms with Crippen LogP contribution in [0, 0.1) is 0 Å². The van der Waals surface area contributed by atoms with Gasteiger partial charge in [0.15, 0.2) is 6.29 Å². The summed E-state index contributed by atoms with van der Waals surface area (Å²) in [4.78, 5) is 10.5. The van der Waals surface area contributed by atoms with Crippen LogP contribution in [-0.4, -0.2) is 28.6 Å². The zero-order chi connectivity index (χ0) is 8.15. The minimum absolute atomic E-state index is 0.203. The van der Waals surface area contributed by atoms with Gasteiger partial charge in [0.05, 0.1) is 12.5 Å². The molecular weight excluding hydrogens is 136 g/mol. The van der Waals surface area contributed by atoms with E-state index in [2.05, 4.69) is 4.74 Å². The molecule has 0 rings (SSSR count). The maximum Gasteiger partial charge on any atom is 0.311 e. The molecule has 0 fully saturated rings. The molecule has 10 heavy (non-hydrogen) atoms. The van der Waals surface area contributed by atoms with Crippen LogP contribution in [0.4, 0.5) is 0 Å². The maximum atomic E-state index is 10.5. The van der Waals surface area contributed by atoms with E-state index in [1.54, 1.807) is 13.8 Å². The molecule has 0 unspecified atom stereocenters. The second-order valence-electron chi connectivity index (χ2n) is 2.22. The first-order valence-electron chi connectivity index (χ1n) is 3.08. The minimum Gasteiger partial charge on any atom is -0.463 e. The maximum absolute atomic E-state index is 10.5. The molecule has 0 radical (unpaired) electrons. The molecule has 0 saturated carbocycles. The van der Waals surface area contributed by atoms with Crippen molar-refractivity contribution in [3.8, 4) is 0 Å². The van der Waals surface area contributed by atoms with Gasteiger partial charge in [-0.25, -0.2) is 0 Å². The molecule has 0 aromatic rings. The summed E-state index contributed by atoms with van der Waals surface area (Å²) in [5, 5.41) is 16.6. The summed E-state index contributed by atoms with van der Waals surface area (Å²) in [6, 6.07) is 0. The second-order valence-corrected chi connectivity index (χ2v) is 2.22. The largest absolute Gasteiger partial charge is 0.463 e. The lowest BCUT2D eigenvalue weighted by atomic mass is 10.4. The van der Waals surface area contributed by atoms with E-state index in [0.717, 1.165) is 0 Å². The topological polar surface area (TPSA) is 66.8 Å². The highest BCUT2D eigenvalue weighted by molar-refractivity contribution is 5.69. The third-order valence-corrected chi connectivity index (χ3v) is 0.716. The predicted molar refractivity (Wildman–Crippen MR) is 34.1 cm³/mol.